The van der Waals surface area contributed by atoms with Crippen LogP contribution in [0.4, 0.5) is 5.69 Å². The summed E-state index contributed by atoms with van der Waals surface area (Å²) in [6.07, 6.45) is 0.429. The molecule has 1 N–H and O–H groups in total. The molecule has 2 aromatic heterocycles. The number of amides is 1. The molecule has 0 fully saturated rings. The van der Waals surface area contributed by atoms with E-state index in [2.05, 4.69) is 38.8 Å². The van der Waals surface area contributed by atoms with Crippen LogP contribution in [-0.2, 0) is 11.2 Å². The molecule has 1 aliphatic rings. The lowest BCUT2D eigenvalue weighted by atomic mass is 10.0. The fraction of sp³-hybridized carbons (Fsp3) is 0.133. The molecule has 21 heavy (non-hydrogen) atoms. The number of hydrogen-bond donors (Lipinski definition) is 1. The third-order valence-electron chi connectivity index (χ3n) is 3.53. The Morgan fingerprint density at radius 3 is 2.95 bits per heavy atom. The Labute approximate surface area is 142 Å². The van der Waals surface area contributed by atoms with E-state index in [1.165, 1.54) is 14.3 Å². The van der Waals surface area contributed by atoms with E-state index >= 15 is 0 Å². The summed E-state index contributed by atoms with van der Waals surface area (Å²) >= 11 is 13.7. The van der Waals surface area contributed by atoms with Gasteiger partial charge >= 0.3 is 0 Å². The smallest absolute Gasteiger partial charge is 0.228 e. The Morgan fingerprint density at radius 1 is 1.29 bits per heavy atom. The molecule has 2 nitrogen and oxygen atoms in total. The molecule has 3 heterocycles. The average molecular weight is 399 g/mol. The second-order valence-electron chi connectivity index (χ2n) is 4.92. The standard InChI is InChI=1S/C15H9BrClNOS2/c16-15(13-6-12-11(21-13)1-2-20-12)8-3-7-4-14(19)18-10(7)5-9(8)17/h1-3,5-6,15H,4H2,(H,18,19). The van der Waals surface area contributed by atoms with Gasteiger partial charge < -0.3 is 5.32 Å². The average Bonchev–Trinajstić information content (AvgIpc) is 3.09. The summed E-state index contributed by atoms with van der Waals surface area (Å²) in [4.78, 5) is 12.8. The van der Waals surface area contributed by atoms with Crippen molar-refractivity contribution in [1.82, 2.24) is 0 Å². The molecule has 0 radical (unpaired) electrons. The topological polar surface area (TPSA) is 29.1 Å². The largest absolute Gasteiger partial charge is 0.325 e. The summed E-state index contributed by atoms with van der Waals surface area (Å²) in [6, 6.07) is 8.22. The fourth-order valence-corrected chi connectivity index (χ4v) is 5.84. The van der Waals surface area contributed by atoms with E-state index in [-0.39, 0.29) is 10.7 Å². The van der Waals surface area contributed by atoms with E-state index in [1.807, 2.05) is 12.1 Å². The van der Waals surface area contributed by atoms with Gasteiger partial charge in [0, 0.05) is 25.0 Å². The van der Waals surface area contributed by atoms with Crippen molar-refractivity contribution in [2.45, 2.75) is 11.2 Å². The van der Waals surface area contributed by atoms with Gasteiger partial charge in [0.1, 0.15) is 0 Å². The summed E-state index contributed by atoms with van der Waals surface area (Å²) in [5.74, 6) is 0.0287. The van der Waals surface area contributed by atoms with E-state index < -0.39 is 0 Å². The van der Waals surface area contributed by atoms with Gasteiger partial charge in [-0.25, -0.2) is 0 Å². The first-order valence-electron chi connectivity index (χ1n) is 6.35. The molecular weight excluding hydrogens is 390 g/mol. The van der Waals surface area contributed by atoms with Crippen LogP contribution >= 0.6 is 50.2 Å². The number of benzene rings is 1. The zero-order chi connectivity index (χ0) is 14.6. The zero-order valence-corrected chi connectivity index (χ0v) is 14.6. The number of carbonyl (C=O) groups excluding carboxylic acids is 1. The highest BCUT2D eigenvalue weighted by molar-refractivity contribution is 9.09. The SMILES string of the molecule is O=C1Cc2cc(C(Br)c3cc4sccc4s3)c(Cl)cc2N1. The molecule has 0 spiro atoms. The maximum atomic E-state index is 11.5. The Hall–Kier alpha value is -0.880. The molecule has 6 heteroatoms. The van der Waals surface area contributed by atoms with Crippen LogP contribution in [0.15, 0.2) is 29.6 Å². The van der Waals surface area contributed by atoms with Crippen LogP contribution in [0, 0.1) is 0 Å². The first-order chi connectivity index (χ1) is 10.1. The summed E-state index contributed by atoms with van der Waals surface area (Å²) in [5, 5.41) is 5.61. The zero-order valence-electron chi connectivity index (χ0n) is 10.7. The van der Waals surface area contributed by atoms with Crippen LogP contribution in [0.1, 0.15) is 20.8 Å². The highest BCUT2D eigenvalue weighted by atomic mass is 79.9. The number of halogens is 2. The second kappa shape index (κ2) is 5.09. The molecule has 106 valence electrons. The van der Waals surface area contributed by atoms with Gasteiger partial charge in [-0.05, 0) is 34.7 Å². The number of hydrogen-bond acceptors (Lipinski definition) is 3. The Kier molecular flexibility index (Phi) is 3.34. The minimum atomic E-state index is 0.0287. The normalized spacial score (nSPS) is 15.2. The molecule has 4 rings (SSSR count). The number of nitrogens with one attached hydrogen (secondary N) is 1. The van der Waals surface area contributed by atoms with Crippen molar-refractivity contribution in [1.29, 1.82) is 0 Å². The van der Waals surface area contributed by atoms with Crippen molar-refractivity contribution < 1.29 is 4.79 Å². The van der Waals surface area contributed by atoms with Crippen LogP contribution in [0.25, 0.3) is 9.40 Å². The quantitative estimate of drug-likeness (QED) is 0.560. The predicted octanol–water partition coefficient (Wildman–Crippen LogP) is 5.60. The summed E-state index contributed by atoms with van der Waals surface area (Å²) in [7, 11) is 0. The Morgan fingerprint density at radius 2 is 2.14 bits per heavy atom. The van der Waals surface area contributed by atoms with Crippen molar-refractivity contribution in [2.24, 2.45) is 0 Å². The van der Waals surface area contributed by atoms with Crippen LogP contribution in [0.3, 0.4) is 0 Å². The van der Waals surface area contributed by atoms with Gasteiger partial charge in [-0.15, -0.1) is 22.7 Å². The van der Waals surface area contributed by atoms with Crippen molar-refractivity contribution in [3.05, 3.63) is 50.7 Å². The first-order valence-corrected chi connectivity index (χ1v) is 9.34. The number of fused-ring (bicyclic) bond motifs is 2. The third kappa shape index (κ3) is 2.32. The lowest BCUT2D eigenvalue weighted by Crippen LogP contribution is -2.03. The number of carbonyl (C=O) groups is 1. The third-order valence-corrected chi connectivity index (χ3v) is 7.30. The lowest BCUT2D eigenvalue weighted by Gasteiger charge is -2.12. The number of anilines is 1. The molecule has 3 aromatic rings. The molecule has 1 atom stereocenters. The van der Waals surface area contributed by atoms with Gasteiger partial charge in [-0.1, -0.05) is 33.6 Å². The van der Waals surface area contributed by atoms with Gasteiger partial charge in [0.15, 0.2) is 0 Å². The van der Waals surface area contributed by atoms with Gasteiger partial charge in [0.25, 0.3) is 0 Å². The molecule has 0 saturated heterocycles. The van der Waals surface area contributed by atoms with Crippen molar-refractivity contribution >= 4 is 71.2 Å². The van der Waals surface area contributed by atoms with Crippen LogP contribution < -0.4 is 5.32 Å². The van der Waals surface area contributed by atoms with E-state index in [4.69, 9.17) is 11.6 Å². The number of alkyl halides is 1. The molecule has 0 bridgehead atoms. The number of rotatable bonds is 2. The predicted molar refractivity (Wildman–Crippen MR) is 94.3 cm³/mol. The Balaban J connectivity index is 1.77. The van der Waals surface area contributed by atoms with Crippen molar-refractivity contribution in [2.75, 3.05) is 5.32 Å². The highest BCUT2D eigenvalue weighted by Gasteiger charge is 2.23. The minimum Gasteiger partial charge on any atom is -0.325 e. The summed E-state index contributed by atoms with van der Waals surface area (Å²) < 4.78 is 2.60. The maximum Gasteiger partial charge on any atom is 0.228 e. The Bertz CT molecular complexity index is 841. The van der Waals surface area contributed by atoms with Crippen LogP contribution in [-0.4, -0.2) is 5.91 Å². The van der Waals surface area contributed by atoms with Crippen molar-refractivity contribution in [3.63, 3.8) is 0 Å². The molecule has 1 amide bonds. The number of thiophene rings is 2. The van der Waals surface area contributed by atoms with E-state index in [0.717, 1.165) is 16.8 Å². The van der Waals surface area contributed by atoms with Gasteiger partial charge in [0.05, 0.1) is 11.2 Å². The molecule has 0 aliphatic carbocycles. The van der Waals surface area contributed by atoms with Crippen LogP contribution in [0.2, 0.25) is 5.02 Å². The molecule has 1 aliphatic heterocycles. The van der Waals surface area contributed by atoms with Gasteiger partial charge in [-0.3, -0.25) is 4.79 Å². The molecule has 1 aromatic carbocycles. The summed E-state index contributed by atoms with van der Waals surface area (Å²) in [5.41, 5.74) is 2.86. The van der Waals surface area contributed by atoms with Gasteiger partial charge in [0.2, 0.25) is 5.91 Å². The van der Waals surface area contributed by atoms with Crippen molar-refractivity contribution in [3.8, 4) is 0 Å². The van der Waals surface area contributed by atoms with Crippen LogP contribution in [0.5, 0.6) is 0 Å². The molecule has 1 unspecified atom stereocenters. The monoisotopic (exact) mass is 397 g/mol. The highest BCUT2D eigenvalue weighted by Crippen LogP contribution is 2.43. The first kappa shape index (κ1) is 13.8. The fourth-order valence-electron chi connectivity index (χ4n) is 2.52. The maximum absolute atomic E-state index is 11.5. The van der Waals surface area contributed by atoms with E-state index in [0.29, 0.717) is 11.4 Å². The molecular formula is C15H9BrClNOS2. The lowest BCUT2D eigenvalue weighted by molar-refractivity contribution is -0.115. The minimum absolute atomic E-state index is 0.0287. The molecule has 0 saturated carbocycles. The van der Waals surface area contributed by atoms with E-state index in [1.54, 1.807) is 22.7 Å². The van der Waals surface area contributed by atoms with E-state index in [9.17, 15) is 4.79 Å². The summed E-state index contributed by atoms with van der Waals surface area (Å²) in [6.45, 7) is 0. The van der Waals surface area contributed by atoms with Gasteiger partial charge in [-0.2, -0.15) is 0 Å². The second-order valence-corrected chi connectivity index (χ2v) is 8.30.